The van der Waals surface area contributed by atoms with Crippen molar-refractivity contribution in [2.75, 3.05) is 13.2 Å². The maximum atomic E-state index is 11.4. The number of esters is 1. The van der Waals surface area contributed by atoms with E-state index in [2.05, 4.69) is 9.47 Å². The number of hydrogen-bond acceptors (Lipinski definition) is 3. The summed E-state index contributed by atoms with van der Waals surface area (Å²) < 4.78 is 9.92. The fourth-order valence-electron chi connectivity index (χ4n) is 0.883. The molecule has 0 saturated carbocycles. The highest BCUT2D eigenvalue weighted by atomic mass is 31.0. The lowest BCUT2D eigenvalue weighted by Crippen LogP contribution is -2.23. The first-order valence-corrected chi connectivity index (χ1v) is 5.59. The predicted octanol–water partition coefficient (Wildman–Crippen LogP) is 2.12. The van der Waals surface area contributed by atoms with Gasteiger partial charge in [-0.25, -0.2) is 0 Å². The fourth-order valence-corrected chi connectivity index (χ4v) is 1.02. The van der Waals surface area contributed by atoms with E-state index in [-0.39, 0.29) is 11.8 Å². The molecule has 5 heteroatoms. The summed E-state index contributed by atoms with van der Waals surface area (Å²) in [4.78, 5) is 11.4. The standard InChI is InChI=1S/C10H20BO3P/c1-10(2,3)9(12)13-6-4-8(11)5-7-14-15/h8H,4-7,15H2,1-3H3. The van der Waals surface area contributed by atoms with Gasteiger partial charge in [0.2, 0.25) is 0 Å². The molecule has 15 heavy (non-hydrogen) atoms. The third-order valence-electron chi connectivity index (χ3n) is 1.94. The third kappa shape index (κ3) is 7.81. The van der Waals surface area contributed by atoms with Crippen molar-refractivity contribution < 1.29 is 14.1 Å². The fraction of sp³-hybridized carbons (Fsp3) is 0.900. The molecule has 0 spiro atoms. The Labute approximate surface area is 96.0 Å². The first kappa shape index (κ1) is 14.9. The van der Waals surface area contributed by atoms with Crippen LogP contribution < -0.4 is 0 Å². The van der Waals surface area contributed by atoms with Gasteiger partial charge in [-0.1, -0.05) is 5.82 Å². The van der Waals surface area contributed by atoms with Crippen LogP contribution in [-0.2, 0) is 14.1 Å². The molecule has 0 aromatic rings. The zero-order valence-corrected chi connectivity index (χ0v) is 10.9. The zero-order valence-electron chi connectivity index (χ0n) is 9.79. The quantitative estimate of drug-likeness (QED) is 0.398. The molecule has 2 atom stereocenters. The monoisotopic (exact) mass is 230 g/mol. The Hall–Kier alpha value is -0.0751. The number of hydrogen-bond donors (Lipinski definition) is 0. The maximum Gasteiger partial charge on any atom is 0.311 e. The van der Waals surface area contributed by atoms with Gasteiger partial charge in [-0.15, -0.1) is 0 Å². The Balaban J connectivity index is 3.57. The molecule has 0 aromatic carbocycles. The molecule has 0 aliphatic carbocycles. The lowest BCUT2D eigenvalue weighted by Gasteiger charge is -2.17. The normalized spacial score (nSPS) is 13.6. The summed E-state index contributed by atoms with van der Waals surface area (Å²) in [6.45, 7) is 6.49. The second-order valence-corrected chi connectivity index (χ2v) is 4.93. The summed E-state index contributed by atoms with van der Waals surface area (Å²) in [5, 5.41) is 0. The van der Waals surface area contributed by atoms with Crippen LogP contribution in [0.15, 0.2) is 0 Å². The number of ether oxygens (including phenoxy) is 1. The van der Waals surface area contributed by atoms with Crippen molar-refractivity contribution in [3.63, 3.8) is 0 Å². The topological polar surface area (TPSA) is 35.5 Å². The molecule has 0 bridgehead atoms. The Morgan fingerprint density at radius 3 is 2.33 bits per heavy atom. The molecule has 2 radical (unpaired) electrons. The van der Waals surface area contributed by atoms with Gasteiger partial charge < -0.3 is 9.26 Å². The molecule has 0 aliphatic rings. The van der Waals surface area contributed by atoms with Gasteiger partial charge in [-0.2, -0.15) is 0 Å². The highest BCUT2D eigenvalue weighted by Crippen LogP contribution is 2.17. The molecule has 86 valence electrons. The van der Waals surface area contributed by atoms with Crippen molar-refractivity contribution in [1.82, 2.24) is 0 Å². The van der Waals surface area contributed by atoms with Crippen LogP contribution >= 0.6 is 9.47 Å². The van der Waals surface area contributed by atoms with Crippen LogP contribution in [0.5, 0.6) is 0 Å². The molecule has 0 rings (SSSR count). The summed E-state index contributed by atoms with van der Waals surface area (Å²) in [5.41, 5.74) is -0.437. The SMILES string of the molecule is [B]C(CCOP)CCOC(=O)C(C)(C)C. The molecule has 0 amide bonds. The third-order valence-corrected chi connectivity index (χ3v) is 2.18. The van der Waals surface area contributed by atoms with E-state index in [1.807, 2.05) is 20.8 Å². The second-order valence-electron chi connectivity index (χ2n) is 4.59. The lowest BCUT2D eigenvalue weighted by molar-refractivity contribution is -0.153. The van der Waals surface area contributed by atoms with Crippen molar-refractivity contribution in [3.8, 4) is 0 Å². The molecule has 0 fully saturated rings. The average Bonchev–Trinajstić information content (AvgIpc) is 2.13. The summed E-state index contributed by atoms with van der Waals surface area (Å²) in [5.74, 6) is -0.157. The van der Waals surface area contributed by atoms with Gasteiger partial charge in [0.25, 0.3) is 0 Å². The number of carbonyl (C=O) groups is 1. The number of carbonyl (C=O) groups excluding carboxylic acids is 1. The summed E-state index contributed by atoms with van der Waals surface area (Å²) in [6.07, 6.45) is 1.45. The Kier molecular flexibility index (Phi) is 7.20. The smallest absolute Gasteiger partial charge is 0.311 e. The van der Waals surface area contributed by atoms with Crippen LogP contribution in [0.2, 0.25) is 5.82 Å². The van der Waals surface area contributed by atoms with E-state index in [0.717, 1.165) is 6.42 Å². The van der Waals surface area contributed by atoms with E-state index >= 15 is 0 Å². The van der Waals surface area contributed by atoms with Crippen LogP contribution in [0.1, 0.15) is 33.6 Å². The van der Waals surface area contributed by atoms with Gasteiger partial charge in [0, 0.05) is 16.1 Å². The minimum Gasteiger partial charge on any atom is -0.465 e. The van der Waals surface area contributed by atoms with Crippen molar-refractivity contribution >= 4 is 23.3 Å². The van der Waals surface area contributed by atoms with Gasteiger partial charge in [-0.3, -0.25) is 4.79 Å². The van der Waals surface area contributed by atoms with E-state index in [4.69, 9.17) is 17.1 Å². The van der Waals surface area contributed by atoms with Gasteiger partial charge in [0.15, 0.2) is 0 Å². The van der Waals surface area contributed by atoms with E-state index in [0.29, 0.717) is 19.6 Å². The number of rotatable bonds is 6. The Morgan fingerprint density at radius 1 is 1.33 bits per heavy atom. The van der Waals surface area contributed by atoms with Crippen molar-refractivity contribution in [2.24, 2.45) is 5.41 Å². The molecular formula is C10H20BO3P. The summed E-state index contributed by atoms with van der Waals surface area (Å²) >= 11 is 0. The molecule has 2 unspecified atom stereocenters. The molecule has 3 nitrogen and oxygen atoms in total. The van der Waals surface area contributed by atoms with Crippen molar-refractivity contribution in [2.45, 2.75) is 39.4 Å². The average molecular weight is 230 g/mol. The second kappa shape index (κ2) is 7.24. The highest BCUT2D eigenvalue weighted by Gasteiger charge is 2.22. The predicted molar refractivity (Wildman–Crippen MR) is 64.8 cm³/mol. The molecule has 0 N–H and O–H groups in total. The molecule has 0 aliphatic heterocycles. The molecular weight excluding hydrogens is 210 g/mol. The minimum absolute atomic E-state index is 0.0262. The molecule has 0 heterocycles. The maximum absolute atomic E-state index is 11.4. The van der Waals surface area contributed by atoms with Gasteiger partial charge in [0.1, 0.15) is 0 Å². The molecule has 0 saturated heterocycles. The summed E-state index contributed by atoms with van der Waals surface area (Å²) in [7, 11) is 7.96. The van der Waals surface area contributed by atoms with Crippen LogP contribution in [0.25, 0.3) is 0 Å². The first-order chi connectivity index (χ1) is 6.88. The highest BCUT2D eigenvalue weighted by molar-refractivity contribution is 7.09. The van der Waals surface area contributed by atoms with Crippen molar-refractivity contribution in [1.29, 1.82) is 0 Å². The zero-order chi connectivity index (χ0) is 11.9. The van der Waals surface area contributed by atoms with Gasteiger partial charge in [-0.05, 0) is 33.6 Å². The van der Waals surface area contributed by atoms with Crippen LogP contribution in [0.3, 0.4) is 0 Å². The molecule has 0 aromatic heterocycles. The summed E-state index contributed by atoms with van der Waals surface area (Å²) in [6, 6.07) is 0. The first-order valence-electron chi connectivity index (χ1n) is 5.12. The minimum atomic E-state index is -0.437. The lowest BCUT2D eigenvalue weighted by atomic mass is 9.82. The van der Waals surface area contributed by atoms with Gasteiger partial charge in [0.05, 0.1) is 19.9 Å². The van der Waals surface area contributed by atoms with E-state index in [9.17, 15) is 4.79 Å². The van der Waals surface area contributed by atoms with E-state index in [1.54, 1.807) is 0 Å². The van der Waals surface area contributed by atoms with Crippen LogP contribution in [-0.4, -0.2) is 27.0 Å². The largest absolute Gasteiger partial charge is 0.465 e. The van der Waals surface area contributed by atoms with E-state index < -0.39 is 5.41 Å². The van der Waals surface area contributed by atoms with Crippen molar-refractivity contribution in [3.05, 3.63) is 0 Å². The van der Waals surface area contributed by atoms with Gasteiger partial charge >= 0.3 is 5.97 Å². The van der Waals surface area contributed by atoms with E-state index in [1.165, 1.54) is 0 Å². The Bertz CT molecular complexity index is 192. The van der Waals surface area contributed by atoms with Crippen LogP contribution in [0.4, 0.5) is 0 Å². The van der Waals surface area contributed by atoms with Crippen LogP contribution in [0, 0.1) is 5.41 Å². The Morgan fingerprint density at radius 2 is 1.87 bits per heavy atom.